The van der Waals surface area contributed by atoms with Crippen molar-refractivity contribution >= 4 is 22.7 Å². The molecule has 1 aromatic heterocycles. The van der Waals surface area contributed by atoms with Crippen molar-refractivity contribution in [3.8, 4) is 0 Å². The summed E-state index contributed by atoms with van der Waals surface area (Å²) < 4.78 is 0. The van der Waals surface area contributed by atoms with Crippen molar-refractivity contribution in [3.63, 3.8) is 0 Å². The predicted octanol–water partition coefficient (Wildman–Crippen LogP) is 2.44. The smallest absolute Gasteiger partial charge is 0.243 e. The minimum absolute atomic E-state index is 0.0743. The Balaban J connectivity index is 1.79. The van der Waals surface area contributed by atoms with Crippen LogP contribution in [-0.4, -0.2) is 28.9 Å². The molecule has 3 atom stereocenters. The second kappa shape index (κ2) is 6.44. The van der Waals surface area contributed by atoms with Gasteiger partial charge in [0.1, 0.15) is 12.1 Å². The SMILES string of the molecule is CCCC[C@H]1NC(=O)[C@@H](C(C)c2c[nH]c3ccccc23)NC1=O. The molecule has 1 aromatic carbocycles. The number of benzene rings is 1. The van der Waals surface area contributed by atoms with Crippen LogP contribution in [0.3, 0.4) is 0 Å². The van der Waals surface area contributed by atoms with Crippen LogP contribution in [0, 0.1) is 0 Å². The average molecular weight is 313 g/mol. The van der Waals surface area contributed by atoms with E-state index in [0.717, 1.165) is 29.3 Å². The zero-order chi connectivity index (χ0) is 16.4. The molecule has 0 aliphatic carbocycles. The largest absolute Gasteiger partial charge is 0.361 e. The molecule has 5 nitrogen and oxygen atoms in total. The number of unbranched alkanes of at least 4 members (excludes halogenated alkanes) is 1. The third-order valence-electron chi connectivity index (χ3n) is 4.67. The Kier molecular flexibility index (Phi) is 4.37. The fourth-order valence-corrected chi connectivity index (χ4v) is 3.26. The molecule has 1 aliphatic rings. The summed E-state index contributed by atoms with van der Waals surface area (Å²) in [6.45, 7) is 4.05. The molecule has 2 heterocycles. The summed E-state index contributed by atoms with van der Waals surface area (Å²) in [7, 11) is 0. The molecule has 0 bridgehead atoms. The highest BCUT2D eigenvalue weighted by molar-refractivity contribution is 5.98. The number of amides is 2. The van der Waals surface area contributed by atoms with Crippen LogP contribution < -0.4 is 10.6 Å². The van der Waals surface area contributed by atoms with Gasteiger partial charge in [-0.15, -0.1) is 0 Å². The van der Waals surface area contributed by atoms with Crippen LogP contribution in [-0.2, 0) is 9.59 Å². The summed E-state index contributed by atoms with van der Waals surface area (Å²) >= 11 is 0. The van der Waals surface area contributed by atoms with E-state index < -0.39 is 12.1 Å². The molecule has 0 saturated carbocycles. The highest BCUT2D eigenvalue weighted by Gasteiger charge is 2.37. The van der Waals surface area contributed by atoms with Gasteiger partial charge in [-0.05, 0) is 18.1 Å². The summed E-state index contributed by atoms with van der Waals surface area (Å²) in [6, 6.07) is 7.07. The van der Waals surface area contributed by atoms with Crippen LogP contribution in [0.15, 0.2) is 30.5 Å². The van der Waals surface area contributed by atoms with E-state index in [1.54, 1.807) is 0 Å². The molecule has 1 aliphatic heterocycles. The van der Waals surface area contributed by atoms with Gasteiger partial charge in [-0.25, -0.2) is 0 Å². The number of carbonyl (C=O) groups is 2. The van der Waals surface area contributed by atoms with Crippen LogP contribution in [0.1, 0.15) is 44.6 Å². The molecular formula is C18H23N3O2. The van der Waals surface area contributed by atoms with Gasteiger partial charge in [-0.1, -0.05) is 44.9 Å². The summed E-state index contributed by atoms with van der Waals surface area (Å²) in [5.41, 5.74) is 2.09. The summed E-state index contributed by atoms with van der Waals surface area (Å²) in [5, 5.41) is 6.89. The van der Waals surface area contributed by atoms with Gasteiger partial charge in [-0.3, -0.25) is 9.59 Å². The van der Waals surface area contributed by atoms with Crippen LogP contribution >= 0.6 is 0 Å². The maximum atomic E-state index is 12.5. The maximum absolute atomic E-state index is 12.5. The Morgan fingerprint density at radius 1 is 1.13 bits per heavy atom. The molecule has 0 radical (unpaired) electrons. The number of aromatic amines is 1. The lowest BCUT2D eigenvalue weighted by atomic mass is 9.90. The first-order chi connectivity index (χ1) is 11.1. The first-order valence-electron chi connectivity index (χ1n) is 8.28. The van der Waals surface area contributed by atoms with E-state index in [-0.39, 0.29) is 17.7 Å². The minimum Gasteiger partial charge on any atom is -0.361 e. The van der Waals surface area contributed by atoms with E-state index in [1.165, 1.54) is 0 Å². The van der Waals surface area contributed by atoms with Gasteiger partial charge in [0.25, 0.3) is 0 Å². The van der Waals surface area contributed by atoms with E-state index in [9.17, 15) is 9.59 Å². The zero-order valence-electron chi connectivity index (χ0n) is 13.6. The number of H-pyrrole nitrogens is 1. The molecular weight excluding hydrogens is 290 g/mol. The first kappa shape index (κ1) is 15.6. The molecule has 23 heavy (non-hydrogen) atoms. The molecule has 1 unspecified atom stereocenters. The molecule has 3 N–H and O–H groups in total. The number of hydrogen-bond donors (Lipinski definition) is 3. The lowest BCUT2D eigenvalue weighted by Crippen LogP contribution is -2.62. The van der Waals surface area contributed by atoms with E-state index in [4.69, 9.17) is 0 Å². The lowest BCUT2D eigenvalue weighted by Gasteiger charge is -2.32. The highest BCUT2D eigenvalue weighted by atomic mass is 16.2. The summed E-state index contributed by atoms with van der Waals surface area (Å²) in [6.07, 6.45) is 4.57. The topological polar surface area (TPSA) is 74.0 Å². The number of carbonyl (C=O) groups excluding carboxylic acids is 2. The van der Waals surface area contributed by atoms with Crippen molar-refractivity contribution in [3.05, 3.63) is 36.0 Å². The van der Waals surface area contributed by atoms with Crippen molar-refractivity contribution in [2.24, 2.45) is 0 Å². The zero-order valence-corrected chi connectivity index (χ0v) is 13.6. The standard InChI is InChI=1S/C18H23N3O2/c1-3-4-8-15-17(22)21-16(18(23)20-15)11(2)13-10-19-14-9-6-5-7-12(13)14/h5-7,9-11,15-16,19H,3-4,8H2,1-2H3,(H,20,23)(H,21,22)/t11?,15-,16-/m1/s1. The molecule has 2 amide bonds. The fourth-order valence-electron chi connectivity index (χ4n) is 3.26. The molecule has 122 valence electrons. The maximum Gasteiger partial charge on any atom is 0.243 e. The van der Waals surface area contributed by atoms with Crippen molar-refractivity contribution in [1.29, 1.82) is 0 Å². The first-order valence-corrected chi connectivity index (χ1v) is 8.28. The summed E-state index contributed by atoms with van der Waals surface area (Å²) in [4.78, 5) is 27.9. The Morgan fingerprint density at radius 3 is 2.70 bits per heavy atom. The van der Waals surface area contributed by atoms with E-state index in [1.807, 2.05) is 37.4 Å². The van der Waals surface area contributed by atoms with Gasteiger partial charge >= 0.3 is 0 Å². The molecule has 5 heteroatoms. The van der Waals surface area contributed by atoms with Crippen molar-refractivity contribution in [2.45, 2.75) is 51.1 Å². The Hall–Kier alpha value is -2.30. The quantitative estimate of drug-likeness (QED) is 0.793. The minimum atomic E-state index is -0.528. The van der Waals surface area contributed by atoms with Gasteiger partial charge < -0.3 is 15.6 Å². The molecule has 2 aromatic rings. The van der Waals surface area contributed by atoms with Crippen LogP contribution in [0.5, 0.6) is 0 Å². The van der Waals surface area contributed by atoms with Crippen molar-refractivity contribution in [1.82, 2.24) is 15.6 Å². The third kappa shape index (κ3) is 2.96. The molecule has 0 spiro atoms. The number of fused-ring (bicyclic) bond motifs is 1. The van der Waals surface area contributed by atoms with Gasteiger partial charge in [0.05, 0.1) is 0 Å². The van der Waals surface area contributed by atoms with Gasteiger partial charge in [0, 0.05) is 23.0 Å². The van der Waals surface area contributed by atoms with Gasteiger partial charge in [-0.2, -0.15) is 0 Å². The second-order valence-electron chi connectivity index (χ2n) is 6.27. The number of hydrogen-bond acceptors (Lipinski definition) is 2. The third-order valence-corrected chi connectivity index (χ3v) is 4.67. The Labute approximate surface area is 135 Å². The Bertz CT molecular complexity index is 722. The highest BCUT2D eigenvalue weighted by Crippen LogP contribution is 2.28. The van der Waals surface area contributed by atoms with Crippen molar-refractivity contribution in [2.75, 3.05) is 0 Å². The van der Waals surface area contributed by atoms with Gasteiger partial charge in [0.15, 0.2) is 0 Å². The van der Waals surface area contributed by atoms with Crippen LogP contribution in [0.2, 0.25) is 0 Å². The normalized spacial score (nSPS) is 22.7. The van der Waals surface area contributed by atoms with E-state index in [2.05, 4.69) is 22.5 Å². The molecule has 1 saturated heterocycles. The molecule has 3 rings (SSSR count). The monoisotopic (exact) mass is 313 g/mol. The second-order valence-corrected chi connectivity index (χ2v) is 6.27. The Morgan fingerprint density at radius 2 is 1.91 bits per heavy atom. The van der Waals surface area contributed by atoms with E-state index in [0.29, 0.717) is 6.42 Å². The van der Waals surface area contributed by atoms with E-state index >= 15 is 0 Å². The number of aromatic nitrogens is 1. The number of rotatable bonds is 5. The number of para-hydroxylation sites is 1. The fraction of sp³-hybridized carbons (Fsp3) is 0.444. The molecule has 1 fully saturated rings. The van der Waals surface area contributed by atoms with Gasteiger partial charge in [0.2, 0.25) is 11.8 Å². The van der Waals surface area contributed by atoms with Crippen molar-refractivity contribution < 1.29 is 9.59 Å². The lowest BCUT2D eigenvalue weighted by molar-refractivity contribution is -0.137. The summed E-state index contributed by atoms with van der Waals surface area (Å²) in [5.74, 6) is -0.263. The number of piperazine rings is 1. The van der Waals surface area contributed by atoms with Crippen LogP contribution in [0.4, 0.5) is 0 Å². The number of nitrogens with one attached hydrogen (secondary N) is 3. The van der Waals surface area contributed by atoms with Crippen LogP contribution in [0.25, 0.3) is 10.9 Å². The average Bonchev–Trinajstić information content (AvgIpc) is 2.98. The predicted molar refractivity (Wildman–Crippen MR) is 90.1 cm³/mol.